The molecule has 1 aromatic rings. The van der Waals surface area contributed by atoms with Crippen LogP contribution < -0.4 is 10.0 Å². The zero-order valence-corrected chi connectivity index (χ0v) is 15.9. The zero-order valence-electron chi connectivity index (χ0n) is 9.21. The predicted molar refractivity (Wildman–Crippen MR) is 57.5 cm³/mol. The van der Waals surface area contributed by atoms with Crippen molar-refractivity contribution < 1.29 is 71.9 Å². The van der Waals surface area contributed by atoms with Crippen LogP contribution in [0, 0.1) is 0 Å². The van der Waals surface area contributed by atoms with Crippen molar-refractivity contribution >= 4 is 14.1 Å². The zero-order chi connectivity index (χ0) is 12.2. The SMILES string of the molecule is [NH-][C@H]([C-]=O)Cc1ccc(OP(N)(=O)F)cc1.[W].[Y]. The Morgan fingerprint density at radius 1 is 1.44 bits per heavy atom. The number of halogens is 1. The number of benzene rings is 1. The molecule has 5 nitrogen and oxygen atoms in total. The van der Waals surface area contributed by atoms with Crippen molar-refractivity contribution in [3.63, 3.8) is 0 Å². The van der Waals surface area contributed by atoms with Crippen molar-refractivity contribution in [1.29, 1.82) is 0 Å². The number of hydrogen-bond acceptors (Lipinski definition) is 3. The molecular formula is C9H10FN2O3PWY-2. The van der Waals surface area contributed by atoms with Gasteiger partial charge in [0.25, 0.3) is 0 Å². The van der Waals surface area contributed by atoms with E-state index >= 15 is 0 Å². The molecule has 1 unspecified atom stereocenters. The molecule has 0 saturated carbocycles. The van der Waals surface area contributed by atoms with Crippen LogP contribution in [0.15, 0.2) is 24.3 Å². The first-order chi connectivity index (χ1) is 7.40. The average Bonchev–Trinajstić information content (AvgIpc) is 2.18. The molecule has 0 aliphatic rings. The van der Waals surface area contributed by atoms with Gasteiger partial charge in [-0.05, 0) is 12.1 Å². The summed E-state index contributed by atoms with van der Waals surface area (Å²) in [6.07, 6.45) is 1.74. The third kappa shape index (κ3) is 8.63. The van der Waals surface area contributed by atoms with Gasteiger partial charge in [-0.2, -0.15) is 0 Å². The van der Waals surface area contributed by atoms with Crippen molar-refractivity contribution in [3.8, 4) is 5.75 Å². The smallest absolute Gasteiger partial charge is 0.493 e. The van der Waals surface area contributed by atoms with Gasteiger partial charge in [-0.15, -0.1) is 4.20 Å². The van der Waals surface area contributed by atoms with E-state index in [-0.39, 0.29) is 65.9 Å². The first kappa shape index (κ1) is 20.9. The van der Waals surface area contributed by atoms with Gasteiger partial charge in [0, 0.05) is 53.8 Å². The summed E-state index contributed by atoms with van der Waals surface area (Å²) >= 11 is 0. The fourth-order valence-corrected chi connectivity index (χ4v) is 1.52. The van der Waals surface area contributed by atoms with Crippen molar-refractivity contribution in [2.75, 3.05) is 0 Å². The minimum Gasteiger partial charge on any atom is -0.698 e. The molecule has 0 saturated heterocycles. The van der Waals surface area contributed by atoms with Crippen LogP contribution in [0.5, 0.6) is 5.75 Å². The summed E-state index contributed by atoms with van der Waals surface area (Å²) in [7, 11) is -4.54. The Balaban J connectivity index is 0. The van der Waals surface area contributed by atoms with E-state index in [2.05, 4.69) is 10.0 Å². The van der Waals surface area contributed by atoms with Gasteiger partial charge in [0.05, 0.1) is 0 Å². The molecule has 0 aliphatic heterocycles. The van der Waals surface area contributed by atoms with Crippen molar-refractivity contribution in [2.24, 2.45) is 5.50 Å². The summed E-state index contributed by atoms with van der Waals surface area (Å²) in [5.74, 6) is 0.0358. The second-order valence-electron chi connectivity index (χ2n) is 3.13. The van der Waals surface area contributed by atoms with Crippen molar-refractivity contribution in [2.45, 2.75) is 12.5 Å². The Morgan fingerprint density at radius 2 is 1.94 bits per heavy atom. The number of carbonyl (C=O) groups excluding carboxylic acids is 1. The molecule has 97 valence electrons. The summed E-state index contributed by atoms with van der Waals surface area (Å²) in [5, 5.41) is 0. The molecule has 0 bridgehead atoms. The molecule has 0 aliphatic carbocycles. The summed E-state index contributed by atoms with van der Waals surface area (Å²) in [5.41, 5.74) is 12.5. The van der Waals surface area contributed by atoms with Gasteiger partial charge in [0.2, 0.25) is 0 Å². The molecule has 0 spiro atoms. The second kappa shape index (κ2) is 9.46. The summed E-state index contributed by atoms with van der Waals surface area (Å²) in [6, 6.07) is 4.85. The number of nitrogens with one attached hydrogen (secondary N) is 1. The molecule has 0 heterocycles. The van der Waals surface area contributed by atoms with Crippen molar-refractivity contribution in [1.82, 2.24) is 0 Å². The average molecular weight is 517 g/mol. The Kier molecular flexibility index (Phi) is 11.0. The third-order valence-electron chi connectivity index (χ3n) is 1.74. The minimum atomic E-state index is -4.54. The van der Waals surface area contributed by atoms with Gasteiger partial charge in [0.1, 0.15) is 5.75 Å². The second-order valence-corrected chi connectivity index (χ2v) is 4.36. The molecular weight excluding hydrogens is 507 g/mol. The number of hydrogen-bond donors (Lipinski definition) is 1. The number of nitrogens with two attached hydrogens (primary N) is 1. The first-order valence-corrected chi connectivity index (χ1v) is 5.95. The first-order valence-electron chi connectivity index (χ1n) is 4.36. The minimum absolute atomic E-state index is 0. The van der Waals surface area contributed by atoms with Gasteiger partial charge in [-0.3, -0.25) is 6.29 Å². The number of rotatable bonds is 5. The van der Waals surface area contributed by atoms with Gasteiger partial charge in [0.15, 0.2) is 0 Å². The van der Waals surface area contributed by atoms with Crippen LogP contribution in [-0.2, 0) is 69.6 Å². The van der Waals surface area contributed by atoms with E-state index in [1.807, 2.05) is 0 Å². The quantitative estimate of drug-likeness (QED) is 0.479. The molecule has 1 aromatic carbocycles. The maximum absolute atomic E-state index is 12.5. The van der Waals surface area contributed by atoms with E-state index in [0.717, 1.165) is 0 Å². The summed E-state index contributed by atoms with van der Waals surface area (Å²) < 4.78 is 27.3. The Bertz CT molecular complexity index is 415. The molecule has 9 heteroatoms. The van der Waals surface area contributed by atoms with Crippen LogP contribution >= 0.6 is 7.83 Å². The van der Waals surface area contributed by atoms with E-state index in [9.17, 15) is 13.6 Å². The van der Waals surface area contributed by atoms with E-state index in [1.165, 1.54) is 30.6 Å². The molecule has 18 heavy (non-hydrogen) atoms. The largest absolute Gasteiger partial charge is 0.698 e. The molecule has 0 aromatic heterocycles. The van der Waals surface area contributed by atoms with Gasteiger partial charge in [-0.25, -0.2) is 16.1 Å². The molecule has 3 N–H and O–H groups in total. The van der Waals surface area contributed by atoms with Crippen LogP contribution in [0.1, 0.15) is 5.56 Å². The molecule has 2 atom stereocenters. The normalized spacial score (nSPS) is 14.4. The molecule has 1 rings (SSSR count). The van der Waals surface area contributed by atoms with E-state index in [0.29, 0.717) is 5.56 Å². The van der Waals surface area contributed by atoms with E-state index in [4.69, 9.17) is 5.73 Å². The molecule has 0 fully saturated rings. The van der Waals surface area contributed by atoms with Crippen molar-refractivity contribution in [3.05, 3.63) is 35.6 Å². The Hall–Kier alpha value is 0.562. The van der Waals surface area contributed by atoms with Crippen LogP contribution in [0.2, 0.25) is 0 Å². The fourth-order valence-electron chi connectivity index (χ4n) is 1.11. The van der Waals surface area contributed by atoms with E-state index in [1.54, 1.807) is 0 Å². The third-order valence-corrected chi connectivity index (χ3v) is 2.20. The van der Waals surface area contributed by atoms with Gasteiger partial charge >= 0.3 is 7.83 Å². The van der Waals surface area contributed by atoms with Crippen LogP contribution in [0.4, 0.5) is 4.20 Å². The topological polar surface area (TPSA) is 93.2 Å². The van der Waals surface area contributed by atoms with Gasteiger partial charge in [-0.1, -0.05) is 24.1 Å². The Labute approximate surface area is 144 Å². The molecule has 0 amide bonds. The monoisotopic (exact) mass is 517 g/mol. The summed E-state index contributed by atoms with van der Waals surface area (Å²) in [4.78, 5) is 10.1. The summed E-state index contributed by atoms with van der Waals surface area (Å²) in [6.45, 7) is 0. The van der Waals surface area contributed by atoms with Crippen LogP contribution in [0.3, 0.4) is 0 Å². The molecule has 1 radical (unpaired) electrons. The Morgan fingerprint density at radius 3 is 2.33 bits per heavy atom. The van der Waals surface area contributed by atoms with Crippen LogP contribution in [-0.4, -0.2) is 12.3 Å². The predicted octanol–water partition coefficient (Wildman–Crippen LogP) is 2.17. The standard InChI is InChI=1S/C9H10FN2O3P.W.Y/c10-16(12,14)15-9-3-1-7(2-4-9)5-8(11)6-13;;/h1-4,8,11H,5H2,(H2,12,14);;/q-2;;/t8-,16?;;/m0../s1. The van der Waals surface area contributed by atoms with Crippen LogP contribution in [0.25, 0.3) is 5.73 Å². The fraction of sp³-hybridized carbons (Fsp3) is 0.222. The van der Waals surface area contributed by atoms with E-state index < -0.39 is 13.9 Å². The van der Waals surface area contributed by atoms with Gasteiger partial charge < -0.3 is 15.1 Å². The maximum atomic E-state index is 12.5. The maximum Gasteiger partial charge on any atom is 0.493 e.